The van der Waals surface area contributed by atoms with Crippen LogP contribution in [-0.2, 0) is 26.1 Å². The van der Waals surface area contributed by atoms with Crippen LogP contribution in [0.25, 0.3) is 0 Å². The highest BCUT2D eigenvalue weighted by molar-refractivity contribution is 5.43. The SMILES string of the molecule is CCOc1cc(CNCc2nnc3n2CCCCC3)ccc1OCC(F)(F)F. The van der Waals surface area contributed by atoms with Gasteiger partial charge in [-0.2, -0.15) is 13.2 Å². The van der Waals surface area contributed by atoms with Gasteiger partial charge in [0.2, 0.25) is 0 Å². The average molecular weight is 398 g/mol. The lowest BCUT2D eigenvalue weighted by Crippen LogP contribution is -2.20. The fourth-order valence-corrected chi connectivity index (χ4v) is 3.20. The van der Waals surface area contributed by atoms with Crippen molar-refractivity contribution >= 4 is 0 Å². The van der Waals surface area contributed by atoms with E-state index < -0.39 is 12.8 Å². The molecule has 0 amide bonds. The minimum atomic E-state index is -4.39. The van der Waals surface area contributed by atoms with Crippen LogP contribution in [0.5, 0.6) is 11.5 Å². The molecular formula is C19H25F3N4O2. The quantitative estimate of drug-likeness (QED) is 0.736. The number of nitrogens with zero attached hydrogens (tertiary/aromatic N) is 3. The number of ether oxygens (including phenoxy) is 2. The van der Waals surface area contributed by atoms with Gasteiger partial charge < -0.3 is 19.4 Å². The maximum atomic E-state index is 12.4. The molecule has 154 valence electrons. The van der Waals surface area contributed by atoms with Crippen LogP contribution in [-0.4, -0.2) is 34.2 Å². The molecule has 0 saturated carbocycles. The number of aromatic nitrogens is 3. The van der Waals surface area contributed by atoms with E-state index in [1.165, 1.54) is 12.5 Å². The fourth-order valence-electron chi connectivity index (χ4n) is 3.20. The molecule has 1 N–H and O–H groups in total. The van der Waals surface area contributed by atoms with Crippen molar-refractivity contribution in [2.45, 2.75) is 58.4 Å². The third-order valence-corrected chi connectivity index (χ3v) is 4.50. The molecule has 0 unspecified atom stereocenters. The molecule has 0 saturated heterocycles. The Morgan fingerprint density at radius 2 is 1.93 bits per heavy atom. The van der Waals surface area contributed by atoms with Crippen molar-refractivity contribution in [3.63, 3.8) is 0 Å². The van der Waals surface area contributed by atoms with Gasteiger partial charge >= 0.3 is 6.18 Å². The molecule has 1 aliphatic rings. The predicted molar refractivity (Wildman–Crippen MR) is 97.3 cm³/mol. The van der Waals surface area contributed by atoms with Crippen molar-refractivity contribution in [3.05, 3.63) is 35.4 Å². The van der Waals surface area contributed by atoms with E-state index in [9.17, 15) is 13.2 Å². The van der Waals surface area contributed by atoms with Gasteiger partial charge in [0.25, 0.3) is 0 Å². The zero-order chi connectivity index (χ0) is 20.0. The fraction of sp³-hybridized carbons (Fsp3) is 0.579. The number of fused-ring (bicyclic) bond motifs is 1. The highest BCUT2D eigenvalue weighted by Gasteiger charge is 2.29. The van der Waals surface area contributed by atoms with Crippen LogP contribution in [0.3, 0.4) is 0 Å². The van der Waals surface area contributed by atoms with Gasteiger partial charge in [0.1, 0.15) is 11.6 Å². The Hall–Kier alpha value is -2.29. The minimum Gasteiger partial charge on any atom is -0.490 e. The van der Waals surface area contributed by atoms with Gasteiger partial charge in [-0.3, -0.25) is 0 Å². The summed E-state index contributed by atoms with van der Waals surface area (Å²) in [4.78, 5) is 0. The molecule has 0 fully saturated rings. The van der Waals surface area contributed by atoms with Crippen LogP contribution in [0.4, 0.5) is 13.2 Å². The second-order valence-electron chi connectivity index (χ2n) is 6.72. The smallest absolute Gasteiger partial charge is 0.422 e. The Kier molecular flexibility index (Phi) is 6.77. The second-order valence-corrected chi connectivity index (χ2v) is 6.72. The molecular weight excluding hydrogens is 373 g/mol. The summed E-state index contributed by atoms with van der Waals surface area (Å²) in [6, 6.07) is 4.94. The molecule has 28 heavy (non-hydrogen) atoms. The lowest BCUT2D eigenvalue weighted by molar-refractivity contribution is -0.153. The van der Waals surface area contributed by atoms with Gasteiger partial charge in [0, 0.05) is 19.5 Å². The van der Waals surface area contributed by atoms with Crippen LogP contribution in [0.15, 0.2) is 18.2 Å². The molecule has 0 bridgehead atoms. The van der Waals surface area contributed by atoms with Gasteiger partial charge in [-0.05, 0) is 37.5 Å². The normalized spacial score (nSPS) is 14.4. The largest absolute Gasteiger partial charge is 0.490 e. The van der Waals surface area contributed by atoms with E-state index in [1.54, 1.807) is 19.1 Å². The minimum absolute atomic E-state index is 0.0886. The number of benzene rings is 1. The molecule has 2 aromatic rings. The molecule has 6 nitrogen and oxygen atoms in total. The van der Waals surface area contributed by atoms with Gasteiger partial charge in [0.15, 0.2) is 18.1 Å². The summed E-state index contributed by atoms with van der Waals surface area (Å²) in [5.41, 5.74) is 0.887. The van der Waals surface area contributed by atoms with Gasteiger partial charge in [-0.15, -0.1) is 10.2 Å². The lowest BCUT2D eigenvalue weighted by Gasteiger charge is -2.15. The summed E-state index contributed by atoms with van der Waals surface area (Å²) in [6.07, 6.45) is 0.0624. The second kappa shape index (κ2) is 9.27. The summed E-state index contributed by atoms with van der Waals surface area (Å²) in [6.45, 7) is 2.81. The zero-order valence-corrected chi connectivity index (χ0v) is 15.9. The van der Waals surface area contributed by atoms with Crippen molar-refractivity contribution in [1.82, 2.24) is 20.1 Å². The first-order valence-electron chi connectivity index (χ1n) is 9.53. The first-order chi connectivity index (χ1) is 13.5. The number of hydrogen-bond donors (Lipinski definition) is 1. The number of aryl methyl sites for hydroxylation is 1. The Morgan fingerprint density at radius 1 is 1.07 bits per heavy atom. The number of halogens is 3. The average Bonchev–Trinajstić information content (AvgIpc) is 2.87. The van der Waals surface area contributed by atoms with Crippen molar-refractivity contribution in [1.29, 1.82) is 0 Å². The van der Waals surface area contributed by atoms with Crippen LogP contribution in [0, 0.1) is 0 Å². The third kappa shape index (κ3) is 5.60. The predicted octanol–water partition coefficient (Wildman–Crippen LogP) is 3.63. The maximum Gasteiger partial charge on any atom is 0.422 e. The van der Waals surface area contributed by atoms with Crippen LogP contribution < -0.4 is 14.8 Å². The lowest BCUT2D eigenvalue weighted by atomic mass is 10.2. The topological polar surface area (TPSA) is 61.2 Å². The molecule has 0 spiro atoms. The first-order valence-corrected chi connectivity index (χ1v) is 9.53. The molecule has 0 aliphatic carbocycles. The van der Waals surface area contributed by atoms with Crippen molar-refractivity contribution in [2.24, 2.45) is 0 Å². The Balaban J connectivity index is 1.60. The zero-order valence-electron chi connectivity index (χ0n) is 15.9. The van der Waals surface area contributed by atoms with Crippen LogP contribution in [0.1, 0.15) is 43.4 Å². The van der Waals surface area contributed by atoms with E-state index >= 15 is 0 Å². The summed E-state index contributed by atoms with van der Waals surface area (Å²) >= 11 is 0. The Morgan fingerprint density at radius 3 is 2.71 bits per heavy atom. The van der Waals surface area contributed by atoms with Crippen LogP contribution in [0.2, 0.25) is 0 Å². The van der Waals surface area contributed by atoms with E-state index in [0.717, 1.165) is 43.0 Å². The summed E-state index contributed by atoms with van der Waals surface area (Å²) in [5.74, 6) is 2.35. The van der Waals surface area contributed by atoms with Gasteiger partial charge in [-0.25, -0.2) is 0 Å². The Labute approximate surface area is 162 Å². The van der Waals surface area contributed by atoms with Gasteiger partial charge in [-0.1, -0.05) is 12.5 Å². The molecule has 1 aliphatic heterocycles. The number of rotatable bonds is 8. The van der Waals surface area contributed by atoms with E-state index in [0.29, 0.717) is 25.4 Å². The van der Waals surface area contributed by atoms with Crippen molar-refractivity contribution in [2.75, 3.05) is 13.2 Å². The molecule has 2 heterocycles. The number of nitrogens with one attached hydrogen (secondary N) is 1. The molecule has 3 rings (SSSR count). The summed E-state index contributed by atoms with van der Waals surface area (Å²) in [5, 5.41) is 11.9. The van der Waals surface area contributed by atoms with Crippen molar-refractivity contribution < 1.29 is 22.6 Å². The molecule has 0 atom stereocenters. The van der Waals surface area contributed by atoms with Crippen LogP contribution >= 0.6 is 0 Å². The summed E-state index contributed by atoms with van der Waals surface area (Å²) < 4.78 is 49.7. The van der Waals surface area contributed by atoms with E-state index in [2.05, 4.69) is 20.1 Å². The van der Waals surface area contributed by atoms with E-state index in [1.807, 2.05) is 0 Å². The standard InChI is InChI=1S/C19H25F3N4O2/c1-2-27-16-10-14(7-8-15(16)28-13-19(20,21)22)11-23-12-18-25-24-17-6-4-3-5-9-26(17)18/h7-8,10,23H,2-6,9,11-13H2,1H3. The number of hydrogen-bond acceptors (Lipinski definition) is 5. The highest BCUT2D eigenvalue weighted by Crippen LogP contribution is 2.30. The molecule has 9 heteroatoms. The summed E-state index contributed by atoms with van der Waals surface area (Å²) in [7, 11) is 0. The maximum absolute atomic E-state index is 12.4. The van der Waals surface area contributed by atoms with E-state index in [-0.39, 0.29) is 5.75 Å². The highest BCUT2D eigenvalue weighted by atomic mass is 19.4. The van der Waals surface area contributed by atoms with E-state index in [4.69, 9.17) is 9.47 Å². The van der Waals surface area contributed by atoms with Crippen molar-refractivity contribution in [3.8, 4) is 11.5 Å². The first kappa shape index (κ1) is 20.4. The monoisotopic (exact) mass is 398 g/mol. The molecule has 1 aromatic heterocycles. The molecule has 0 radical (unpaired) electrons. The van der Waals surface area contributed by atoms with Gasteiger partial charge in [0.05, 0.1) is 13.2 Å². The Bertz CT molecular complexity index is 777. The molecule has 1 aromatic carbocycles. The number of alkyl halides is 3. The third-order valence-electron chi connectivity index (χ3n) is 4.50.